The Bertz CT molecular complexity index is 564. The third kappa shape index (κ3) is 2.45. The molecule has 88 valence electrons. The molecule has 0 aliphatic carbocycles. The van der Waals surface area contributed by atoms with Gasteiger partial charge in [0.1, 0.15) is 5.82 Å². The summed E-state index contributed by atoms with van der Waals surface area (Å²) in [6.07, 6.45) is 3.06. The van der Waals surface area contributed by atoms with Crippen LogP contribution in [0.15, 0.2) is 24.5 Å². The summed E-state index contributed by atoms with van der Waals surface area (Å²) in [6, 6.07) is 3.35. The number of aryl methyl sites for hydroxylation is 2. The van der Waals surface area contributed by atoms with E-state index in [-0.39, 0.29) is 5.91 Å². The Morgan fingerprint density at radius 2 is 2.29 bits per heavy atom. The van der Waals surface area contributed by atoms with Crippen LogP contribution in [0.25, 0.3) is 0 Å². The van der Waals surface area contributed by atoms with Crippen molar-refractivity contribution in [1.82, 2.24) is 14.8 Å². The third-order valence-corrected chi connectivity index (χ3v) is 2.61. The van der Waals surface area contributed by atoms with Gasteiger partial charge in [0, 0.05) is 25.0 Å². The first kappa shape index (κ1) is 11.6. The number of hydrogen-bond donors (Lipinski definition) is 1. The lowest BCUT2D eigenvalue weighted by atomic mass is 10.2. The van der Waals surface area contributed by atoms with Gasteiger partial charge in [0.15, 0.2) is 0 Å². The maximum absolute atomic E-state index is 11.9. The molecular formula is C11H11ClN4O. The topological polar surface area (TPSA) is 59.8 Å². The second kappa shape index (κ2) is 4.55. The van der Waals surface area contributed by atoms with Gasteiger partial charge in [-0.25, -0.2) is 0 Å². The number of halogens is 1. The molecule has 17 heavy (non-hydrogen) atoms. The van der Waals surface area contributed by atoms with Crippen LogP contribution in [-0.4, -0.2) is 20.7 Å². The van der Waals surface area contributed by atoms with Crippen LogP contribution in [0, 0.1) is 6.92 Å². The fraction of sp³-hybridized carbons (Fsp3) is 0.182. The van der Waals surface area contributed by atoms with Gasteiger partial charge in [-0.05, 0) is 13.0 Å². The van der Waals surface area contributed by atoms with Crippen LogP contribution in [0.4, 0.5) is 5.82 Å². The van der Waals surface area contributed by atoms with Gasteiger partial charge < -0.3 is 5.32 Å². The van der Waals surface area contributed by atoms with E-state index in [9.17, 15) is 4.79 Å². The number of anilines is 1. The van der Waals surface area contributed by atoms with Crippen molar-refractivity contribution in [2.24, 2.45) is 7.05 Å². The van der Waals surface area contributed by atoms with Crippen molar-refractivity contribution in [2.45, 2.75) is 6.92 Å². The zero-order valence-corrected chi connectivity index (χ0v) is 10.2. The van der Waals surface area contributed by atoms with Gasteiger partial charge in [-0.15, -0.1) is 0 Å². The highest BCUT2D eigenvalue weighted by Crippen LogP contribution is 2.17. The zero-order valence-electron chi connectivity index (χ0n) is 9.44. The minimum Gasteiger partial charge on any atom is -0.307 e. The summed E-state index contributed by atoms with van der Waals surface area (Å²) in [5, 5.41) is 7.04. The van der Waals surface area contributed by atoms with E-state index >= 15 is 0 Å². The molecule has 0 fully saturated rings. The highest BCUT2D eigenvalue weighted by atomic mass is 35.5. The second-order valence-corrected chi connectivity index (χ2v) is 4.01. The van der Waals surface area contributed by atoms with Gasteiger partial charge in [-0.2, -0.15) is 5.10 Å². The van der Waals surface area contributed by atoms with E-state index in [1.54, 1.807) is 30.1 Å². The monoisotopic (exact) mass is 250 g/mol. The highest BCUT2D eigenvalue weighted by Gasteiger charge is 2.12. The Morgan fingerprint density at radius 3 is 2.88 bits per heavy atom. The number of nitrogens with zero attached hydrogens (tertiary/aromatic N) is 3. The number of pyridine rings is 1. The van der Waals surface area contributed by atoms with Crippen LogP contribution in [0.3, 0.4) is 0 Å². The summed E-state index contributed by atoms with van der Waals surface area (Å²) in [7, 11) is 1.74. The molecule has 0 radical (unpaired) electrons. The van der Waals surface area contributed by atoms with Crippen LogP contribution in [0.2, 0.25) is 5.02 Å². The van der Waals surface area contributed by atoms with Gasteiger partial charge in [0.25, 0.3) is 5.91 Å². The first-order valence-corrected chi connectivity index (χ1v) is 5.37. The Balaban J connectivity index is 2.23. The molecule has 1 N–H and O–H groups in total. The molecule has 0 spiro atoms. The number of nitrogens with one attached hydrogen (secondary N) is 1. The van der Waals surface area contributed by atoms with Crippen molar-refractivity contribution in [3.63, 3.8) is 0 Å². The summed E-state index contributed by atoms with van der Waals surface area (Å²) in [5.41, 5.74) is 1.12. The van der Waals surface area contributed by atoms with Gasteiger partial charge >= 0.3 is 0 Å². The second-order valence-electron chi connectivity index (χ2n) is 3.60. The lowest BCUT2D eigenvalue weighted by Crippen LogP contribution is -2.15. The van der Waals surface area contributed by atoms with Gasteiger partial charge in [0.2, 0.25) is 0 Å². The molecule has 2 aromatic heterocycles. The average Bonchev–Trinajstić information content (AvgIpc) is 2.64. The van der Waals surface area contributed by atoms with Crippen molar-refractivity contribution in [1.29, 1.82) is 0 Å². The molecule has 0 unspecified atom stereocenters. The SMILES string of the molecule is Cc1cc(Cl)c(C(=O)Nc2ccnn2C)cn1. The van der Waals surface area contributed by atoms with Gasteiger partial charge in [0.05, 0.1) is 16.8 Å². The number of carbonyl (C=O) groups excluding carboxylic acids is 1. The zero-order chi connectivity index (χ0) is 12.4. The highest BCUT2D eigenvalue weighted by molar-refractivity contribution is 6.34. The normalized spacial score (nSPS) is 10.3. The average molecular weight is 251 g/mol. The predicted molar refractivity (Wildman–Crippen MR) is 65.1 cm³/mol. The Hall–Kier alpha value is -1.88. The van der Waals surface area contributed by atoms with Crippen LogP contribution in [-0.2, 0) is 7.05 Å². The van der Waals surface area contributed by atoms with Gasteiger partial charge in [-0.3, -0.25) is 14.5 Å². The Morgan fingerprint density at radius 1 is 1.53 bits per heavy atom. The van der Waals surface area contributed by atoms with E-state index in [1.807, 2.05) is 6.92 Å². The molecule has 0 aromatic carbocycles. The lowest BCUT2D eigenvalue weighted by Gasteiger charge is -2.06. The predicted octanol–water partition coefficient (Wildman–Crippen LogP) is 2.03. The van der Waals surface area contributed by atoms with Crippen molar-refractivity contribution >= 4 is 23.3 Å². The van der Waals surface area contributed by atoms with Gasteiger partial charge in [-0.1, -0.05) is 11.6 Å². The molecule has 2 aromatic rings. The number of amides is 1. The first-order valence-electron chi connectivity index (χ1n) is 4.99. The van der Waals surface area contributed by atoms with Crippen molar-refractivity contribution < 1.29 is 4.79 Å². The fourth-order valence-corrected chi connectivity index (χ4v) is 1.67. The maximum atomic E-state index is 11.9. The largest absolute Gasteiger partial charge is 0.307 e. The number of aromatic nitrogens is 3. The fourth-order valence-electron chi connectivity index (χ4n) is 1.37. The summed E-state index contributed by atoms with van der Waals surface area (Å²) in [4.78, 5) is 16.0. The molecule has 0 saturated carbocycles. The summed E-state index contributed by atoms with van der Waals surface area (Å²) in [6.45, 7) is 1.81. The minimum atomic E-state index is -0.300. The Labute approximate surface area is 103 Å². The molecule has 0 aliphatic heterocycles. The number of carbonyl (C=O) groups is 1. The van der Waals surface area contributed by atoms with Crippen LogP contribution < -0.4 is 5.32 Å². The number of rotatable bonds is 2. The van der Waals surface area contributed by atoms with Crippen molar-refractivity contribution in [2.75, 3.05) is 5.32 Å². The standard InChI is InChI=1S/C11H11ClN4O/c1-7-5-9(12)8(6-13-7)11(17)15-10-3-4-14-16(10)2/h3-6H,1-2H3,(H,15,17). The summed E-state index contributed by atoms with van der Waals surface area (Å²) in [5.74, 6) is 0.303. The van der Waals surface area contributed by atoms with Crippen molar-refractivity contribution in [3.8, 4) is 0 Å². The summed E-state index contributed by atoms with van der Waals surface area (Å²) < 4.78 is 1.56. The van der Waals surface area contributed by atoms with Crippen LogP contribution >= 0.6 is 11.6 Å². The lowest BCUT2D eigenvalue weighted by molar-refractivity contribution is 0.102. The third-order valence-electron chi connectivity index (χ3n) is 2.30. The molecule has 0 aliphatic rings. The van der Waals surface area contributed by atoms with E-state index < -0.39 is 0 Å². The van der Waals surface area contributed by atoms with E-state index in [2.05, 4.69) is 15.4 Å². The molecule has 0 atom stereocenters. The number of hydrogen-bond acceptors (Lipinski definition) is 3. The van der Waals surface area contributed by atoms with Crippen LogP contribution in [0.5, 0.6) is 0 Å². The molecule has 2 heterocycles. The quantitative estimate of drug-likeness (QED) is 0.887. The molecular weight excluding hydrogens is 240 g/mol. The summed E-state index contributed by atoms with van der Waals surface area (Å²) >= 11 is 5.98. The smallest absolute Gasteiger partial charge is 0.259 e. The molecule has 2 rings (SSSR count). The van der Waals surface area contributed by atoms with E-state index in [0.717, 1.165) is 5.69 Å². The van der Waals surface area contributed by atoms with E-state index in [0.29, 0.717) is 16.4 Å². The molecule has 5 nitrogen and oxygen atoms in total. The molecule has 1 amide bonds. The van der Waals surface area contributed by atoms with Crippen molar-refractivity contribution in [3.05, 3.63) is 40.8 Å². The molecule has 0 bridgehead atoms. The Kier molecular flexibility index (Phi) is 3.10. The molecule has 6 heteroatoms. The maximum Gasteiger partial charge on any atom is 0.259 e. The minimum absolute atomic E-state index is 0.300. The first-order chi connectivity index (χ1) is 8.08. The van der Waals surface area contributed by atoms with E-state index in [1.165, 1.54) is 6.20 Å². The molecule has 0 saturated heterocycles. The van der Waals surface area contributed by atoms with Crippen LogP contribution in [0.1, 0.15) is 16.1 Å². The van der Waals surface area contributed by atoms with E-state index in [4.69, 9.17) is 11.6 Å².